The number of benzene rings is 1. The lowest BCUT2D eigenvalue weighted by molar-refractivity contribution is 0.0696. The van der Waals surface area contributed by atoms with Gasteiger partial charge in [-0.1, -0.05) is 23.2 Å². The molecule has 0 spiro atoms. The highest BCUT2D eigenvalue weighted by molar-refractivity contribution is 8.13. The third-order valence-electron chi connectivity index (χ3n) is 3.08. The van der Waals surface area contributed by atoms with Crippen molar-refractivity contribution >= 4 is 48.8 Å². The topological polar surface area (TPSA) is 72.5 Å². The van der Waals surface area contributed by atoms with Gasteiger partial charge in [0.2, 0.25) is 0 Å². The molecule has 1 aromatic carbocycles. The van der Waals surface area contributed by atoms with Gasteiger partial charge in [0.15, 0.2) is 0 Å². The lowest BCUT2D eigenvalue weighted by Crippen LogP contribution is -2.38. The van der Waals surface area contributed by atoms with Crippen molar-refractivity contribution in [1.82, 2.24) is 5.32 Å². The SMILES string of the molecule is O=C(NC1CCOCC1)c1cc(Cl)c(Cl)c(S(=O)(=O)Cl)c1. The van der Waals surface area contributed by atoms with Crippen molar-refractivity contribution in [2.45, 2.75) is 23.8 Å². The molecule has 21 heavy (non-hydrogen) atoms. The number of carbonyl (C=O) groups is 1. The van der Waals surface area contributed by atoms with E-state index >= 15 is 0 Å². The van der Waals surface area contributed by atoms with Gasteiger partial charge >= 0.3 is 0 Å². The van der Waals surface area contributed by atoms with Crippen molar-refractivity contribution in [3.8, 4) is 0 Å². The van der Waals surface area contributed by atoms with Gasteiger partial charge in [0, 0.05) is 35.5 Å². The Morgan fingerprint density at radius 2 is 1.86 bits per heavy atom. The predicted molar refractivity (Wildman–Crippen MR) is 80.8 cm³/mol. The fraction of sp³-hybridized carbons (Fsp3) is 0.417. The van der Waals surface area contributed by atoms with Gasteiger partial charge in [-0.2, -0.15) is 0 Å². The molecule has 0 saturated carbocycles. The molecule has 0 bridgehead atoms. The molecule has 9 heteroatoms. The summed E-state index contributed by atoms with van der Waals surface area (Å²) in [6.45, 7) is 1.15. The second-order valence-corrected chi connectivity index (χ2v) is 7.89. The maximum Gasteiger partial charge on any atom is 0.262 e. The third kappa shape index (κ3) is 4.23. The first kappa shape index (κ1) is 16.8. The van der Waals surface area contributed by atoms with Crippen molar-refractivity contribution in [3.05, 3.63) is 27.7 Å². The average molecular weight is 373 g/mol. The van der Waals surface area contributed by atoms with E-state index < -0.39 is 15.0 Å². The van der Waals surface area contributed by atoms with Crippen molar-refractivity contribution < 1.29 is 17.9 Å². The van der Waals surface area contributed by atoms with Gasteiger partial charge < -0.3 is 10.1 Å². The number of ether oxygens (including phenoxy) is 1. The van der Waals surface area contributed by atoms with E-state index in [1.54, 1.807) is 0 Å². The molecule has 1 N–H and O–H groups in total. The standard InChI is InChI=1S/C12H12Cl3NO4S/c13-9-5-7(6-10(11(9)14)21(15,18)19)12(17)16-8-1-3-20-4-2-8/h5-6,8H,1-4H2,(H,16,17). The highest BCUT2D eigenvalue weighted by atomic mass is 35.7. The second-order valence-electron chi connectivity index (χ2n) is 4.57. The Labute approximate surface area is 136 Å². The summed E-state index contributed by atoms with van der Waals surface area (Å²) in [5.41, 5.74) is 0.0927. The Balaban J connectivity index is 2.27. The Morgan fingerprint density at radius 1 is 1.24 bits per heavy atom. The van der Waals surface area contributed by atoms with Gasteiger partial charge in [0.05, 0.1) is 10.0 Å². The third-order valence-corrected chi connectivity index (χ3v) is 5.34. The molecule has 1 aliphatic heterocycles. The normalized spacial score (nSPS) is 16.7. The maximum absolute atomic E-state index is 12.2. The summed E-state index contributed by atoms with van der Waals surface area (Å²) in [7, 11) is 1.20. The zero-order chi connectivity index (χ0) is 15.6. The molecule has 0 unspecified atom stereocenters. The van der Waals surface area contributed by atoms with Crippen molar-refractivity contribution in [1.29, 1.82) is 0 Å². The minimum Gasteiger partial charge on any atom is -0.381 e. The van der Waals surface area contributed by atoms with Crippen molar-refractivity contribution in [2.24, 2.45) is 0 Å². The zero-order valence-electron chi connectivity index (χ0n) is 10.7. The molecule has 1 amide bonds. The number of carbonyl (C=O) groups excluding carboxylic acids is 1. The molecular weight excluding hydrogens is 361 g/mol. The molecule has 2 rings (SSSR count). The fourth-order valence-electron chi connectivity index (χ4n) is 1.98. The molecule has 1 fully saturated rings. The summed E-state index contributed by atoms with van der Waals surface area (Å²) in [5, 5.41) is 2.56. The number of hydrogen-bond donors (Lipinski definition) is 1. The highest BCUT2D eigenvalue weighted by Crippen LogP contribution is 2.32. The van der Waals surface area contributed by atoms with Gasteiger partial charge in [-0.3, -0.25) is 4.79 Å². The van der Waals surface area contributed by atoms with Gasteiger partial charge in [0.25, 0.3) is 15.0 Å². The van der Waals surface area contributed by atoms with E-state index in [2.05, 4.69) is 5.32 Å². The van der Waals surface area contributed by atoms with Gasteiger partial charge in [-0.25, -0.2) is 8.42 Å². The molecule has 5 nitrogen and oxygen atoms in total. The molecule has 0 aliphatic carbocycles. The highest BCUT2D eigenvalue weighted by Gasteiger charge is 2.22. The van der Waals surface area contributed by atoms with Crippen LogP contribution in [0.3, 0.4) is 0 Å². The summed E-state index contributed by atoms with van der Waals surface area (Å²) in [6.07, 6.45) is 1.40. The van der Waals surface area contributed by atoms with Crippen LogP contribution in [0.25, 0.3) is 0 Å². The maximum atomic E-state index is 12.2. The first-order valence-electron chi connectivity index (χ1n) is 6.11. The van der Waals surface area contributed by atoms with E-state index in [0.717, 1.165) is 6.07 Å². The first-order chi connectivity index (χ1) is 9.79. The molecule has 1 heterocycles. The lowest BCUT2D eigenvalue weighted by atomic mass is 10.1. The Hall–Kier alpha value is -0.530. The van der Waals surface area contributed by atoms with Crippen molar-refractivity contribution in [2.75, 3.05) is 13.2 Å². The number of nitrogens with one attached hydrogen (secondary N) is 1. The zero-order valence-corrected chi connectivity index (χ0v) is 13.8. The summed E-state index contributed by atoms with van der Waals surface area (Å²) in [4.78, 5) is 11.8. The quantitative estimate of drug-likeness (QED) is 0.828. The summed E-state index contributed by atoms with van der Waals surface area (Å²) in [6, 6.07) is 2.41. The number of halogens is 3. The lowest BCUT2D eigenvalue weighted by Gasteiger charge is -2.23. The van der Waals surface area contributed by atoms with Crippen LogP contribution >= 0.6 is 33.9 Å². The smallest absolute Gasteiger partial charge is 0.262 e. The Kier molecular flexibility index (Phi) is 5.38. The van der Waals surface area contributed by atoms with Gasteiger partial charge in [0.1, 0.15) is 4.90 Å². The van der Waals surface area contributed by atoms with Crippen LogP contribution in [-0.2, 0) is 13.8 Å². The van der Waals surface area contributed by atoms with Crippen LogP contribution in [0.4, 0.5) is 0 Å². The number of amides is 1. The number of hydrogen-bond acceptors (Lipinski definition) is 4. The van der Waals surface area contributed by atoms with Crippen LogP contribution in [0.15, 0.2) is 17.0 Å². The second kappa shape index (κ2) is 6.71. The first-order valence-corrected chi connectivity index (χ1v) is 9.18. The number of rotatable bonds is 3. The molecule has 1 aromatic rings. The average Bonchev–Trinajstić information content (AvgIpc) is 2.41. The van der Waals surface area contributed by atoms with Crippen LogP contribution in [0.5, 0.6) is 0 Å². The summed E-state index contributed by atoms with van der Waals surface area (Å²) in [5.74, 6) is -0.429. The largest absolute Gasteiger partial charge is 0.381 e. The van der Waals surface area contributed by atoms with E-state index in [0.29, 0.717) is 26.1 Å². The summed E-state index contributed by atoms with van der Waals surface area (Å²) >= 11 is 11.7. The monoisotopic (exact) mass is 371 g/mol. The molecule has 116 valence electrons. The van der Waals surface area contributed by atoms with Crippen LogP contribution in [0.1, 0.15) is 23.2 Å². The fourth-order valence-corrected chi connectivity index (χ4v) is 3.75. The molecule has 1 saturated heterocycles. The van der Waals surface area contributed by atoms with Crippen LogP contribution in [0.2, 0.25) is 10.0 Å². The molecule has 0 radical (unpaired) electrons. The summed E-state index contributed by atoms with van der Waals surface area (Å²) < 4.78 is 28.1. The van der Waals surface area contributed by atoms with Gasteiger partial charge in [-0.15, -0.1) is 0 Å². The van der Waals surface area contributed by atoms with E-state index in [4.69, 9.17) is 38.6 Å². The van der Waals surface area contributed by atoms with Crippen molar-refractivity contribution in [3.63, 3.8) is 0 Å². The molecule has 0 atom stereocenters. The Bertz CT molecular complexity index is 657. The van der Waals surface area contributed by atoms with Gasteiger partial charge in [-0.05, 0) is 25.0 Å². The van der Waals surface area contributed by atoms with E-state index in [9.17, 15) is 13.2 Å². The van der Waals surface area contributed by atoms with Crippen LogP contribution < -0.4 is 5.32 Å². The molecule has 1 aliphatic rings. The minimum absolute atomic E-state index is 0.0169. The minimum atomic E-state index is -4.09. The van der Waals surface area contributed by atoms with Crippen LogP contribution in [0, 0.1) is 0 Å². The molecular formula is C12H12Cl3NO4S. The Morgan fingerprint density at radius 3 is 2.43 bits per heavy atom. The van der Waals surface area contributed by atoms with E-state index in [-0.39, 0.29) is 26.5 Å². The predicted octanol–water partition coefficient (Wildman–Crippen LogP) is 2.83. The molecule has 0 aromatic heterocycles. The van der Waals surface area contributed by atoms with Crippen LogP contribution in [-0.4, -0.2) is 33.6 Å². The van der Waals surface area contributed by atoms with E-state index in [1.807, 2.05) is 0 Å². The van der Waals surface area contributed by atoms with E-state index in [1.165, 1.54) is 6.07 Å².